The van der Waals surface area contributed by atoms with E-state index >= 15 is 0 Å². The number of carbonyl (C=O) groups is 2. The highest BCUT2D eigenvalue weighted by molar-refractivity contribution is 7.86. The molecular weight excluding hydrogens is 436 g/mol. The van der Waals surface area contributed by atoms with E-state index in [1.807, 2.05) is 26.8 Å². The third-order valence-electron chi connectivity index (χ3n) is 8.20. The summed E-state index contributed by atoms with van der Waals surface area (Å²) in [4.78, 5) is 24.4. The van der Waals surface area contributed by atoms with Crippen LogP contribution in [0.3, 0.4) is 0 Å². The van der Waals surface area contributed by atoms with Crippen molar-refractivity contribution in [2.24, 2.45) is 28.6 Å². The second-order valence-corrected chi connectivity index (χ2v) is 12.5. The van der Waals surface area contributed by atoms with Gasteiger partial charge in [-0.05, 0) is 73.0 Å². The monoisotopic (exact) mass is 474 g/mol. The number of Topliss-reactive ketones (excluding diaryl/α,β-unsaturated/α-hetero) is 1. The summed E-state index contributed by atoms with van der Waals surface area (Å²) < 4.78 is 31.3. The van der Waals surface area contributed by atoms with Crippen LogP contribution in [0, 0.1) is 35.5 Å². The molecule has 0 unspecified atom stereocenters. The van der Waals surface area contributed by atoms with Crippen LogP contribution in [-0.2, 0) is 23.9 Å². The van der Waals surface area contributed by atoms with Gasteiger partial charge >= 0.3 is 0 Å². The zero-order valence-electron chi connectivity index (χ0n) is 20.6. The Morgan fingerprint density at radius 3 is 2.45 bits per heavy atom. The van der Waals surface area contributed by atoms with Crippen LogP contribution in [0.25, 0.3) is 0 Å². The molecular formula is C27H38O5S. The minimum atomic E-state index is -3.85. The molecule has 6 heteroatoms. The maximum atomic E-state index is 12.9. The first kappa shape index (κ1) is 25.8. The van der Waals surface area contributed by atoms with E-state index < -0.39 is 10.1 Å². The second kappa shape index (κ2) is 9.83. The molecule has 4 atom stereocenters. The summed E-state index contributed by atoms with van der Waals surface area (Å²) in [6, 6.07) is 6.70. The van der Waals surface area contributed by atoms with Crippen molar-refractivity contribution in [3.05, 3.63) is 41.5 Å². The minimum Gasteiger partial charge on any atom is -0.299 e. The number of allylic oxidation sites excluding steroid dienone is 2. The Balaban J connectivity index is 1.83. The molecule has 2 aliphatic carbocycles. The van der Waals surface area contributed by atoms with Gasteiger partial charge in [-0.15, -0.1) is 0 Å². The average Bonchev–Trinajstić information content (AvgIpc) is 2.76. The number of hydrogen-bond acceptors (Lipinski definition) is 5. The van der Waals surface area contributed by atoms with E-state index in [4.69, 9.17) is 4.18 Å². The maximum absolute atomic E-state index is 12.9. The Morgan fingerprint density at radius 2 is 1.85 bits per heavy atom. The first-order chi connectivity index (χ1) is 15.4. The van der Waals surface area contributed by atoms with Gasteiger partial charge in [0.25, 0.3) is 10.1 Å². The summed E-state index contributed by atoms with van der Waals surface area (Å²) in [6.07, 6.45) is 7.60. The topological polar surface area (TPSA) is 77.5 Å². The fraction of sp³-hybridized carbons (Fsp3) is 0.630. The average molecular weight is 475 g/mol. The van der Waals surface area contributed by atoms with Crippen molar-refractivity contribution in [1.29, 1.82) is 0 Å². The molecule has 3 rings (SSSR count). The van der Waals surface area contributed by atoms with Gasteiger partial charge in [0.05, 0.1) is 11.5 Å². The Kier molecular flexibility index (Phi) is 7.69. The van der Waals surface area contributed by atoms with Gasteiger partial charge in [-0.25, -0.2) is 0 Å². The highest BCUT2D eigenvalue weighted by Crippen LogP contribution is 2.60. The van der Waals surface area contributed by atoms with E-state index in [9.17, 15) is 18.0 Å². The third kappa shape index (κ3) is 5.32. The van der Waals surface area contributed by atoms with Gasteiger partial charge in [-0.1, -0.05) is 57.9 Å². The standard InChI is InChI=1S/C27H38O5S/c1-19(2)24(29)13-12-23-21(17-28)9-14-25-26(4,15-6-16-27(23,25)5)18-32-33(30,31)22-10-7-20(3)8-11-22/h7-11,17,19,23,25H,6,12-16,18H2,1-5H3/t23-,25-,26-,27+/m0/s1. The Labute approximate surface area is 199 Å². The van der Waals surface area contributed by atoms with Crippen LogP contribution >= 0.6 is 0 Å². The van der Waals surface area contributed by atoms with Gasteiger partial charge in [0, 0.05) is 12.3 Å². The summed E-state index contributed by atoms with van der Waals surface area (Å²) in [5, 5.41) is 0. The SMILES string of the molecule is Cc1ccc(S(=O)(=O)OC[C@]2(C)CCC[C@]3(C)[C@@H](CCC(=O)C(C)C)C(C=O)=CC[C@@H]23)cc1. The zero-order valence-corrected chi connectivity index (χ0v) is 21.4. The number of ketones is 1. The number of fused-ring (bicyclic) bond motifs is 1. The molecule has 0 spiro atoms. The number of aldehydes is 1. The number of hydrogen-bond donors (Lipinski definition) is 0. The van der Waals surface area contributed by atoms with Crippen LogP contribution in [-0.4, -0.2) is 27.1 Å². The van der Waals surface area contributed by atoms with Crippen molar-refractivity contribution in [3.8, 4) is 0 Å². The fourth-order valence-electron chi connectivity index (χ4n) is 6.13. The van der Waals surface area contributed by atoms with E-state index in [0.717, 1.165) is 43.1 Å². The van der Waals surface area contributed by atoms with E-state index in [-0.39, 0.29) is 45.9 Å². The molecule has 0 amide bonds. The lowest BCUT2D eigenvalue weighted by Crippen LogP contribution is -2.51. The first-order valence-corrected chi connectivity index (χ1v) is 13.5. The predicted molar refractivity (Wildman–Crippen MR) is 129 cm³/mol. The van der Waals surface area contributed by atoms with E-state index in [1.165, 1.54) is 0 Å². The van der Waals surface area contributed by atoms with Gasteiger partial charge < -0.3 is 0 Å². The molecule has 1 aromatic carbocycles. The van der Waals surface area contributed by atoms with Crippen LogP contribution in [0.15, 0.2) is 40.8 Å². The van der Waals surface area contributed by atoms with Gasteiger partial charge in [0.1, 0.15) is 12.1 Å². The van der Waals surface area contributed by atoms with E-state index in [1.54, 1.807) is 24.3 Å². The molecule has 0 heterocycles. The Hall–Kier alpha value is -1.79. The van der Waals surface area contributed by atoms with E-state index in [0.29, 0.717) is 12.8 Å². The Bertz CT molecular complexity index is 1010. The largest absolute Gasteiger partial charge is 0.299 e. The quantitative estimate of drug-likeness (QED) is 0.341. The molecule has 0 saturated heterocycles. The normalized spacial score (nSPS) is 29.9. The van der Waals surface area contributed by atoms with Crippen LogP contribution in [0.2, 0.25) is 0 Å². The van der Waals surface area contributed by atoms with Crippen LogP contribution in [0.5, 0.6) is 0 Å². The van der Waals surface area contributed by atoms with Crippen molar-refractivity contribution in [1.82, 2.24) is 0 Å². The number of aryl methyl sites for hydroxylation is 1. The number of rotatable bonds is 9. The van der Waals surface area contributed by atoms with Gasteiger partial charge in [-0.3, -0.25) is 13.8 Å². The molecule has 0 aromatic heterocycles. The third-order valence-corrected chi connectivity index (χ3v) is 9.48. The van der Waals surface area contributed by atoms with Crippen LogP contribution < -0.4 is 0 Å². The maximum Gasteiger partial charge on any atom is 0.296 e. The fourth-order valence-corrected chi connectivity index (χ4v) is 7.16. The minimum absolute atomic E-state index is 0.00443. The van der Waals surface area contributed by atoms with Crippen molar-refractivity contribution in [3.63, 3.8) is 0 Å². The van der Waals surface area contributed by atoms with E-state index in [2.05, 4.69) is 13.8 Å². The molecule has 0 radical (unpaired) electrons. The summed E-state index contributed by atoms with van der Waals surface area (Å²) in [6.45, 7) is 10.2. The zero-order chi connectivity index (χ0) is 24.4. The van der Waals surface area contributed by atoms with Crippen molar-refractivity contribution < 1.29 is 22.2 Å². The lowest BCUT2D eigenvalue weighted by molar-refractivity contribution is -0.123. The van der Waals surface area contributed by atoms with Gasteiger partial charge in [-0.2, -0.15) is 8.42 Å². The van der Waals surface area contributed by atoms with Crippen molar-refractivity contribution >= 4 is 22.2 Å². The number of benzene rings is 1. The highest BCUT2D eigenvalue weighted by Gasteiger charge is 2.54. The predicted octanol–water partition coefficient (Wildman–Crippen LogP) is 5.66. The molecule has 2 aliphatic rings. The molecule has 182 valence electrons. The summed E-state index contributed by atoms with van der Waals surface area (Å²) in [5.74, 6) is 0.384. The lowest BCUT2D eigenvalue weighted by Gasteiger charge is -2.57. The molecule has 0 aliphatic heterocycles. The highest BCUT2D eigenvalue weighted by atomic mass is 32.2. The Morgan fingerprint density at radius 1 is 1.18 bits per heavy atom. The molecule has 0 N–H and O–H groups in total. The van der Waals surface area contributed by atoms with Crippen LogP contribution in [0.4, 0.5) is 0 Å². The molecule has 33 heavy (non-hydrogen) atoms. The first-order valence-electron chi connectivity index (χ1n) is 12.1. The molecule has 1 aromatic rings. The van der Waals surface area contributed by atoms with Crippen molar-refractivity contribution in [2.75, 3.05) is 6.61 Å². The van der Waals surface area contributed by atoms with Crippen molar-refractivity contribution in [2.45, 2.75) is 78.0 Å². The lowest BCUT2D eigenvalue weighted by atomic mass is 9.48. The summed E-state index contributed by atoms with van der Waals surface area (Å²) in [7, 11) is -3.85. The summed E-state index contributed by atoms with van der Waals surface area (Å²) >= 11 is 0. The molecule has 5 nitrogen and oxygen atoms in total. The molecule has 1 saturated carbocycles. The van der Waals surface area contributed by atoms with Gasteiger partial charge in [0.2, 0.25) is 0 Å². The molecule has 0 bridgehead atoms. The van der Waals surface area contributed by atoms with Gasteiger partial charge in [0.15, 0.2) is 0 Å². The smallest absolute Gasteiger partial charge is 0.296 e. The second-order valence-electron chi connectivity index (χ2n) is 10.9. The summed E-state index contributed by atoms with van der Waals surface area (Å²) in [5.41, 5.74) is 1.27. The molecule has 1 fully saturated rings. The van der Waals surface area contributed by atoms with Crippen LogP contribution in [0.1, 0.15) is 71.8 Å². The number of carbonyl (C=O) groups excluding carboxylic acids is 2.